The molecule has 0 unspecified atom stereocenters. The lowest BCUT2D eigenvalue weighted by Gasteiger charge is -2.26. The van der Waals surface area contributed by atoms with Gasteiger partial charge in [-0.15, -0.1) is 0 Å². The van der Waals surface area contributed by atoms with Gasteiger partial charge >= 0.3 is 0 Å². The molecule has 15 heavy (non-hydrogen) atoms. The van der Waals surface area contributed by atoms with Crippen LogP contribution in [-0.4, -0.2) is 7.05 Å². The summed E-state index contributed by atoms with van der Waals surface area (Å²) in [6.07, 6.45) is 2.34. The highest BCUT2D eigenvalue weighted by Gasteiger charge is 2.19. The van der Waals surface area contributed by atoms with Gasteiger partial charge in [0.15, 0.2) is 0 Å². The Balaban J connectivity index is 0.000000921. The Morgan fingerprint density at radius 3 is 2.07 bits per heavy atom. The van der Waals surface area contributed by atoms with Crippen molar-refractivity contribution in [1.29, 1.82) is 0 Å². The van der Waals surface area contributed by atoms with Crippen molar-refractivity contribution in [2.75, 3.05) is 7.05 Å². The number of nitrogens with two attached hydrogens (primary N) is 1. The molecule has 0 spiro atoms. The molecule has 0 aliphatic heterocycles. The van der Waals surface area contributed by atoms with Crippen LogP contribution < -0.4 is 5.73 Å². The number of rotatable bonds is 3. The first-order valence-electron chi connectivity index (χ1n) is 5.78. The zero-order valence-electron chi connectivity index (χ0n) is 10.8. The highest BCUT2D eigenvalue weighted by atomic mass is 14.4. The Hall–Kier alpha value is -0.820. The maximum Gasteiger partial charge on any atom is -0.0103 e. The van der Waals surface area contributed by atoms with E-state index in [4.69, 9.17) is 0 Å². The van der Waals surface area contributed by atoms with E-state index in [9.17, 15) is 0 Å². The van der Waals surface area contributed by atoms with E-state index >= 15 is 0 Å². The molecular formula is C14H25N. The van der Waals surface area contributed by atoms with Gasteiger partial charge < -0.3 is 5.73 Å². The highest BCUT2D eigenvalue weighted by molar-refractivity contribution is 5.33. The summed E-state index contributed by atoms with van der Waals surface area (Å²) in [4.78, 5) is 0. The lowest BCUT2D eigenvalue weighted by molar-refractivity contribution is 0.501. The van der Waals surface area contributed by atoms with Gasteiger partial charge in [-0.25, -0.2) is 0 Å². The van der Waals surface area contributed by atoms with Crippen molar-refractivity contribution in [1.82, 2.24) is 0 Å². The molecule has 0 aromatic heterocycles. The molecule has 0 bridgehead atoms. The van der Waals surface area contributed by atoms with Gasteiger partial charge in [-0.1, -0.05) is 52.0 Å². The van der Waals surface area contributed by atoms with Crippen LogP contribution in [0.5, 0.6) is 0 Å². The summed E-state index contributed by atoms with van der Waals surface area (Å²) in [7, 11) is 1.50. The average Bonchev–Trinajstić information content (AvgIpc) is 2.31. The molecule has 1 nitrogen and oxygen atoms in total. The van der Waals surface area contributed by atoms with Gasteiger partial charge in [-0.3, -0.25) is 0 Å². The monoisotopic (exact) mass is 207 g/mol. The van der Waals surface area contributed by atoms with Gasteiger partial charge in [0.2, 0.25) is 0 Å². The van der Waals surface area contributed by atoms with Crippen LogP contribution in [0.25, 0.3) is 0 Å². The van der Waals surface area contributed by atoms with E-state index in [0.717, 1.165) is 6.42 Å². The third kappa shape index (κ3) is 3.67. The molecule has 1 rings (SSSR count). The van der Waals surface area contributed by atoms with Gasteiger partial charge in [-0.05, 0) is 36.4 Å². The Morgan fingerprint density at radius 1 is 1.07 bits per heavy atom. The van der Waals surface area contributed by atoms with Crippen LogP contribution in [0.2, 0.25) is 0 Å². The quantitative estimate of drug-likeness (QED) is 0.806. The minimum absolute atomic E-state index is 0.326. The molecule has 0 amide bonds. The third-order valence-corrected chi connectivity index (χ3v) is 3.01. The van der Waals surface area contributed by atoms with E-state index < -0.39 is 0 Å². The summed E-state index contributed by atoms with van der Waals surface area (Å²) in [5.41, 5.74) is 7.83. The maximum atomic E-state index is 4.50. The van der Waals surface area contributed by atoms with Crippen molar-refractivity contribution in [3.63, 3.8) is 0 Å². The molecule has 0 radical (unpaired) electrons. The molecular weight excluding hydrogens is 182 g/mol. The van der Waals surface area contributed by atoms with E-state index in [0.29, 0.717) is 5.41 Å². The summed E-state index contributed by atoms with van der Waals surface area (Å²) >= 11 is 0. The Labute approximate surface area is 94.7 Å². The van der Waals surface area contributed by atoms with Crippen molar-refractivity contribution >= 4 is 0 Å². The number of benzene rings is 1. The van der Waals surface area contributed by atoms with Crippen LogP contribution in [0.15, 0.2) is 24.3 Å². The normalized spacial score (nSPS) is 10.5. The van der Waals surface area contributed by atoms with Crippen molar-refractivity contribution in [3.05, 3.63) is 35.4 Å². The van der Waals surface area contributed by atoms with Crippen molar-refractivity contribution in [2.24, 2.45) is 5.73 Å². The molecule has 2 N–H and O–H groups in total. The summed E-state index contributed by atoms with van der Waals surface area (Å²) in [6.45, 7) is 9.12. The summed E-state index contributed by atoms with van der Waals surface area (Å²) in [5.74, 6) is 0. The van der Waals surface area contributed by atoms with Crippen LogP contribution >= 0.6 is 0 Å². The molecule has 0 atom stereocenters. The lowest BCUT2D eigenvalue weighted by Crippen LogP contribution is -2.17. The minimum atomic E-state index is 0.326. The van der Waals surface area contributed by atoms with Crippen LogP contribution in [0, 0.1) is 0 Å². The molecule has 0 saturated heterocycles. The standard InChI is InChI=1S/C13H20.CH5N/c1-5-11-9-7-8-10-12(11)13(3,4)6-2;1-2/h7-10H,5-6H2,1-4H3;2H2,1H3. The molecule has 0 aliphatic carbocycles. The predicted octanol–water partition coefficient (Wildman–Crippen LogP) is 3.51. The van der Waals surface area contributed by atoms with Crippen LogP contribution in [0.3, 0.4) is 0 Å². The second kappa shape index (κ2) is 6.62. The van der Waals surface area contributed by atoms with Gasteiger partial charge in [0.05, 0.1) is 0 Å². The van der Waals surface area contributed by atoms with Gasteiger partial charge in [0, 0.05) is 0 Å². The predicted molar refractivity (Wildman–Crippen MR) is 69.2 cm³/mol. The molecule has 1 heteroatoms. The van der Waals surface area contributed by atoms with E-state index in [1.54, 1.807) is 0 Å². The molecule has 0 fully saturated rings. The average molecular weight is 207 g/mol. The van der Waals surface area contributed by atoms with E-state index in [2.05, 4.69) is 57.7 Å². The molecule has 0 heterocycles. The fourth-order valence-corrected chi connectivity index (χ4v) is 1.68. The van der Waals surface area contributed by atoms with Crippen molar-refractivity contribution in [2.45, 2.75) is 46.0 Å². The molecule has 1 aromatic carbocycles. The van der Waals surface area contributed by atoms with E-state index in [-0.39, 0.29) is 0 Å². The number of hydrogen-bond donors (Lipinski definition) is 1. The molecule has 1 aromatic rings. The zero-order chi connectivity index (χ0) is 11.9. The summed E-state index contributed by atoms with van der Waals surface area (Å²) in [6, 6.07) is 8.79. The highest BCUT2D eigenvalue weighted by Crippen LogP contribution is 2.29. The number of aryl methyl sites for hydroxylation is 1. The second-order valence-electron chi connectivity index (χ2n) is 4.25. The fraction of sp³-hybridized carbons (Fsp3) is 0.571. The first-order valence-corrected chi connectivity index (χ1v) is 5.78. The Kier molecular flexibility index (Phi) is 6.26. The first-order chi connectivity index (χ1) is 7.11. The SMILES string of the molecule is CCc1ccccc1C(C)(C)CC.CN. The van der Waals surface area contributed by atoms with Crippen molar-refractivity contribution < 1.29 is 0 Å². The van der Waals surface area contributed by atoms with Gasteiger partial charge in [0.1, 0.15) is 0 Å². The lowest BCUT2D eigenvalue weighted by atomic mass is 9.79. The Morgan fingerprint density at radius 2 is 1.60 bits per heavy atom. The largest absolute Gasteiger partial charge is 0.333 e. The topological polar surface area (TPSA) is 26.0 Å². The maximum absolute atomic E-state index is 4.50. The molecule has 86 valence electrons. The van der Waals surface area contributed by atoms with Crippen LogP contribution in [0.1, 0.15) is 45.2 Å². The smallest absolute Gasteiger partial charge is 0.0103 e. The van der Waals surface area contributed by atoms with Crippen LogP contribution in [0.4, 0.5) is 0 Å². The van der Waals surface area contributed by atoms with Crippen LogP contribution in [-0.2, 0) is 11.8 Å². The minimum Gasteiger partial charge on any atom is -0.333 e. The van der Waals surface area contributed by atoms with Gasteiger partial charge in [-0.2, -0.15) is 0 Å². The number of hydrogen-bond acceptors (Lipinski definition) is 1. The second-order valence-corrected chi connectivity index (χ2v) is 4.25. The first kappa shape index (κ1) is 14.2. The molecule has 0 saturated carbocycles. The van der Waals surface area contributed by atoms with Crippen molar-refractivity contribution in [3.8, 4) is 0 Å². The molecule has 0 aliphatic rings. The Bertz CT molecular complexity index is 276. The summed E-state index contributed by atoms with van der Waals surface area (Å²) < 4.78 is 0. The van der Waals surface area contributed by atoms with Gasteiger partial charge in [0.25, 0.3) is 0 Å². The summed E-state index contributed by atoms with van der Waals surface area (Å²) in [5, 5.41) is 0. The zero-order valence-corrected chi connectivity index (χ0v) is 10.8. The third-order valence-electron chi connectivity index (χ3n) is 3.01. The van der Waals surface area contributed by atoms with E-state index in [1.165, 1.54) is 24.6 Å². The van der Waals surface area contributed by atoms with E-state index in [1.807, 2.05) is 0 Å². The fourth-order valence-electron chi connectivity index (χ4n) is 1.68.